The average Bonchev–Trinajstić information content (AvgIpc) is 2.03. The van der Waals surface area contributed by atoms with E-state index in [1.54, 1.807) is 7.05 Å². The number of aliphatic hydroxyl groups is 1. The first-order chi connectivity index (χ1) is 5.65. The fourth-order valence-electron chi connectivity index (χ4n) is 1.29. The first kappa shape index (κ1) is 9.23. The number of nitrogens with one attached hydrogen (secondary N) is 1. The van der Waals surface area contributed by atoms with E-state index in [9.17, 15) is 5.11 Å². The Bertz CT molecular complexity index is 271. The summed E-state index contributed by atoms with van der Waals surface area (Å²) in [4.78, 5) is 0. The minimum Gasteiger partial charge on any atom is -0.374 e. The second kappa shape index (κ2) is 3.70. The van der Waals surface area contributed by atoms with E-state index < -0.39 is 6.23 Å². The highest BCUT2D eigenvalue weighted by Crippen LogP contribution is 2.16. The molecule has 2 nitrogen and oxygen atoms in total. The lowest BCUT2D eigenvalue weighted by atomic mass is 10.0. The number of rotatable bonds is 2. The van der Waals surface area contributed by atoms with E-state index in [-0.39, 0.29) is 0 Å². The van der Waals surface area contributed by atoms with Crippen LogP contribution in [0.15, 0.2) is 18.2 Å². The van der Waals surface area contributed by atoms with Gasteiger partial charge in [0.25, 0.3) is 0 Å². The average molecular weight is 165 g/mol. The molecule has 1 rings (SSSR count). The van der Waals surface area contributed by atoms with Gasteiger partial charge in [-0.05, 0) is 32.0 Å². The first-order valence-corrected chi connectivity index (χ1v) is 4.07. The molecule has 0 aliphatic rings. The number of aryl methyl sites for hydroxylation is 2. The lowest BCUT2D eigenvalue weighted by Gasteiger charge is -2.12. The number of aliphatic hydroxyl groups excluding tert-OH is 1. The normalized spacial score (nSPS) is 13.0. The van der Waals surface area contributed by atoms with Gasteiger partial charge in [0.05, 0.1) is 0 Å². The van der Waals surface area contributed by atoms with E-state index >= 15 is 0 Å². The van der Waals surface area contributed by atoms with Crippen LogP contribution >= 0.6 is 0 Å². The molecule has 1 unspecified atom stereocenters. The Kier molecular flexibility index (Phi) is 2.84. The van der Waals surface area contributed by atoms with Gasteiger partial charge in [0.15, 0.2) is 0 Å². The number of benzene rings is 1. The molecule has 1 aromatic rings. The molecule has 2 heteroatoms. The highest BCUT2D eigenvalue weighted by Gasteiger charge is 2.06. The van der Waals surface area contributed by atoms with Crippen LogP contribution in [0.4, 0.5) is 0 Å². The molecule has 1 aromatic carbocycles. The Hall–Kier alpha value is -0.860. The van der Waals surface area contributed by atoms with Crippen molar-refractivity contribution in [3.63, 3.8) is 0 Å². The molecule has 0 aliphatic carbocycles. The molecule has 0 aliphatic heterocycles. The minimum atomic E-state index is -0.550. The van der Waals surface area contributed by atoms with Gasteiger partial charge in [-0.3, -0.25) is 5.32 Å². The van der Waals surface area contributed by atoms with E-state index in [1.165, 1.54) is 5.56 Å². The van der Waals surface area contributed by atoms with E-state index in [1.807, 2.05) is 26.0 Å². The lowest BCUT2D eigenvalue weighted by Crippen LogP contribution is -2.16. The third kappa shape index (κ3) is 1.84. The molecule has 0 heterocycles. The Labute approximate surface area is 73.2 Å². The summed E-state index contributed by atoms with van der Waals surface area (Å²) >= 11 is 0. The molecule has 0 radical (unpaired) electrons. The molecule has 0 saturated heterocycles. The van der Waals surface area contributed by atoms with E-state index in [0.29, 0.717) is 0 Å². The van der Waals surface area contributed by atoms with Crippen LogP contribution in [0.3, 0.4) is 0 Å². The summed E-state index contributed by atoms with van der Waals surface area (Å²) < 4.78 is 0. The first-order valence-electron chi connectivity index (χ1n) is 4.07. The molecule has 66 valence electrons. The van der Waals surface area contributed by atoms with Crippen molar-refractivity contribution in [2.75, 3.05) is 7.05 Å². The predicted molar refractivity (Wildman–Crippen MR) is 49.9 cm³/mol. The Morgan fingerprint density at radius 1 is 1.33 bits per heavy atom. The fourth-order valence-corrected chi connectivity index (χ4v) is 1.29. The van der Waals surface area contributed by atoms with Crippen LogP contribution in [-0.4, -0.2) is 12.2 Å². The predicted octanol–water partition coefficient (Wildman–Crippen LogP) is 1.51. The minimum absolute atomic E-state index is 0.550. The molecule has 0 spiro atoms. The quantitative estimate of drug-likeness (QED) is 0.651. The van der Waals surface area contributed by atoms with Crippen LogP contribution in [0.25, 0.3) is 0 Å². The second-order valence-electron chi connectivity index (χ2n) is 3.05. The highest BCUT2D eigenvalue weighted by atomic mass is 16.3. The van der Waals surface area contributed by atoms with Crippen molar-refractivity contribution < 1.29 is 5.11 Å². The lowest BCUT2D eigenvalue weighted by molar-refractivity contribution is 0.148. The third-order valence-electron chi connectivity index (χ3n) is 1.99. The Balaban J connectivity index is 3.01. The summed E-state index contributed by atoms with van der Waals surface area (Å²) in [5.74, 6) is 0. The van der Waals surface area contributed by atoms with Gasteiger partial charge in [0.2, 0.25) is 0 Å². The second-order valence-corrected chi connectivity index (χ2v) is 3.05. The molecule has 1 atom stereocenters. The van der Waals surface area contributed by atoms with E-state index in [2.05, 4.69) is 11.4 Å². The van der Waals surface area contributed by atoms with Gasteiger partial charge < -0.3 is 5.11 Å². The maximum Gasteiger partial charge on any atom is 0.131 e. The zero-order chi connectivity index (χ0) is 9.14. The van der Waals surface area contributed by atoms with Gasteiger partial charge in [-0.25, -0.2) is 0 Å². The summed E-state index contributed by atoms with van der Waals surface area (Å²) in [7, 11) is 1.74. The summed E-state index contributed by atoms with van der Waals surface area (Å²) in [6.45, 7) is 4.05. The zero-order valence-electron chi connectivity index (χ0n) is 7.76. The van der Waals surface area contributed by atoms with Crippen molar-refractivity contribution >= 4 is 0 Å². The number of hydrogen-bond donors (Lipinski definition) is 2. The molecule has 2 N–H and O–H groups in total. The maximum atomic E-state index is 9.49. The molecule has 12 heavy (non-hydrogen) atoms. The smallest absolute Gasteiger partial charge is 0.131 e. The van der Waals surface area contributed by atoms with Crippen LogP contribution < -0.4 is 5.32 Å². The van der Waals surface area contributed by atoms with Crippen molar-refractivity contribution in [2.45, 2.75) is 20.1 Å². The van der Waals surface area contributed by atoms with Gasteiger partial charge in [-0.15, -0.1) is 0 Å². The Morgan fingerprint density at radius 3 is 2.50 bits per heavy atom. The standard InChI is InChI=1S/C10H15NO/c1-7-4-5-9(8(2)6-7)10(12)11-3/h4-6,10-12H,1-3H3. The molecule has 0 saturated carbocycles. The molecule has 0 fully saturated rings. The molecule has 0 amide bonds. The van der Waals surface area contributed by atoms with Gasteiger partial charge in [-0.2, -0.15) is 0 Å². The van der Waals surface area contributed by atoms with Crippen molar-refractivity contribution in [1.29, 1.82) is 0 Å². The van der Waals surface area contributed by atoms with Crippen molar-refractivity contribution in [1.82, 2.24) is 5.32 Å². The maximum absolute atomic E-state index is 9.49. The Morgan fingerprint density at radius 2 is 2.00 bits per heavy atom. The molecular formula is C10H15NO. The summed E-state index contributed by atoms with van der Waals surface area (Å²) in [5, 5.41) is 12.3. The largest absolute Gasteiger partial charge is 0.374 e. The molecule has 0 bridgehead atoms. The topological polar surface area (TPSA) is 32.3 Å². The SMILES string of the molecule is CNC(O)c1ccc(C)cc1C. The monoisotopic (exact) mass is 165 g/mol. The van der Waals surface area contributed by atoms with Crippen molar-refractivity contribution in [3.05, 3.63) is 34.9 Å². The van der Waals surface area contributed by atoms with Gasteiger partial charge in [0, 0.05) is 0 Å². The van der Waals surface area contributed by atoms with Crippen LogP contribution in [-0.2, 0) is 0 Å². The summed E-state index contributed by atoms with van der Waals surface area (Å²) in [5.41, 5.74) is 3.29. The molecule has 0 aromatic heterocycles. The fraction of sp³-hybridized carbons (Fsp3) is 0.400. The van der Waals surface area contributed by atoms with Crippen LogP contribution in [0.1, 0.15) is 22.9 Å². The zero-order valence-corrected chi connectivity index (χ0v) is 7.76. The van der Waals surface area contributed by atoms with Gasteiger partial charge in [-0.1, -0.05) is 23.8 Å². The summed E-state index contributed by atoms with van der Waals surface area (Å²) in [6, 6.07) is 6.02. The van der Waals surface area contributed by atoms with Crippen LogP contribution in [0.5, 0.6) is 0 Å². The van der Waals surface area contributed by atoms with E-state index in [4.69, 9.17) is 0 Å². The third-order valence-corrected chi connectivity index (χ3v) is 1.99. The number of hydrogen-bond acceptors (Lipinski definition) is 2. The highest BCUT2D eigenvalue weighted by molar-refractivity contribution is 5.31. The van der Waals surface area contributed by atoms with Gasteiger partial charge in [0.1, 0.15) is 6.23 Å². The van der Waals surface area contributed by atoms with Crippen LogP contribution in [0, 0.1) is 13.8 Å². The van der Waals surface area contributed by atoms with E-state index in [0.717, 1.165) is 11.1 Å². The molecular weight excluding hydrogens is 150 g/mol. The van der Waals surface area contributed by atoms with Crippen LogP contribution in [0.2, 0.25) is 0 Å². The van der Waals surface area contributed by atoms with Gasteiger partial charge >= 0.3 is 0 Å². The van der Waals surface area contributed by atoms with Crippen molar-refractivity contribution in [2.24, 2.45) is 0 Å². The summed E-state index contributed by atoms with van der Waals surface area (Å²) in [6.07, 6.45) is -0.550. The van der Waals surface area contributed by atoms with Crippen molar-refractivity contribution in [3.8, 4) is 0 Å².